The molecule has 1 aliphatic heterocycles. The van der Waals surface area contributed by atoms with E-state index >= 15 is 0 Å². The van der Waals surface area contributed by atoms with Gasteiger partial charge >= 0.3 is 11.9 Å². The summed E-state index contributed by atoms with van der Waals surface area (Å²) in [5.41, 5.74) is 0. The summed E-state index contributed by atoms with van der Waals surface area (Å²) in [6.07, 6.45) is 18.7. The molecule has 0 saturated carbocycles. The van der Waals surface area contributed by atoms with Crippen LogP contribution in [0.4, 0.5) is 0 Å². The van der Waals surface area contributed by atoms with E-state index in [0.717, 1.165) is 38.5 Å². The Morgan fingerprint density at radius 2 is 0.981 bits per heavy atom. The van der Waals surface area contributed by atoms with Crippen LogP contribution >= 0.6 is 0 Å². The Bertz CT molecular complexity index is 994. The number of rotatable bonds is 34. The highest BCUT2D eigenvalue weighted by Crippen LogP contribution is 2.24. The summed E-state index contributed by atoms with van der Waals surface area (Å²) in [5.74, 6) is -1.97. The second-order valence-corrected chi connectivity index (χ2v) is 16.2. The quantitative estimate of drug-likeness (QED) is 0.0291. The minimum atomic E-state index is -4.59. The highest BCUT2D eigenvalue weighted by atomic mass is 32.2. The van der Waals surface area contributed by atoms with E-state index in [1.807, 2.05) is 0 Å². The molecule has 0 aromatic rings. The first kappa shape index (κ1) is 48.7. The molecule has 0 bridgehead atoms. The van der Waals surface area contributed by atoms with Gasteiger partial charge in [0.25, 0.3) is 10.1 Å². The third-order valence-corrected chi connectivity index (χ3v) is 10.4. The first-order valence-electron chi connectivity index (χ1n) is 20.6. The van der Waals surface area contributed by atoms with Gasteiger partial charge < -0.3 is 34.3 Å². The van der Waals surface area contributed by atoms with Crippen molar-refractivity contribution >= 4 is 22.1 Å². The van der Waals surface area contributed by atoms with Gasteiger partial charge in [0, 0.05) is 12.8 Å². The summed E-state index contributed by atoms with van der Waals surface area (Å²) < 4.78 is 53.9. The number of hydrogen-bond donors (Lipinski definition) is 4. The van der Waals surface area contributed by atoms with Gasteiger partial charge in [-0.05, 0) is 12.8 Å². The monoisotopic (exact) mass is 766 g/mol. The van der Waals surface area contributed by atoms with E-state index in [9.17, 15) is 37.9 Å². The Hall–Kier alpha value is -1.35. The predicted octanol–water partition coefficient (Wildman–Crippen LogP) is 7.34. The van der Waals surface area contributed by atoms with Crippen LogP contribution in [0.1, 0.15) is 181 Å². The number of esters is 2. The molecule has 0 amide bonds. The molecule has 308 valence electrons. The average Bonchev–Trinajstić information content (AvgIpc) is 3.10. The fourth-order valence-electron chi connectivity index (χ4n) is 6.44. The Morgan fingerprint density at radius 1 is 0.577 bits per heavy atom. The van der Waals surface area contributed by atoms with Gasteiger partial charge in [0.15, 0.2) is 12.4 Å². The number of carbonyl (C=O) groups is 2. The molecule has 0 aromatic carbocycles. The number of hydrogen-bond acceptors (Lipinski definition) is 11. The van der Waals surface area contributed by atoms with Crippen LogP contribution in [0.3, 0.4) is 0 Å². The second kappa shape index (κ2) is 30.9. The molecule has 0 aliphatic carbocycles. The van der Waals surface area contributed by atoms with Crippen molar-refractivity contribution in [2.24, 2.45) is 0 Å². The standard InChI is InChI=1S/C39H74O12S/c1-3-5-7-9-11-13-15-17-19-21-23-25-27-34(40)48-29-32(30-49-39-38(44)37(43)36(42)33(51-39)31-52(45,46)47)50-35(41)28-26-24-22-20-18-16-14-12-10-8-6-4-2/h32-33,36-39,42-44H,3-31H2,1-2H3,(H,45,46,47). The highest BCUT2D eigenvalue weighted by molar-refractivity contribution is 7.85. The fourth-order valence-corrected chi connectivity index (χ4v) is 7.13. The first-order valence-corrected chi connectivity index (χ1v) is 22.2. The average molecular weight is 767 g/mol. The molecule has 0 aromatic heterocycles. The number of carbonyl (C=O) groups excluding carboxylic acids is 2. The largest absolute Gasteiger partial charge is 0.462 e. The van der Waals surface area contributed by atoms with E-state index < -0.39 is 71.2 Å². The van der Waals surface area contributed by atoms with Crippen LogP contribution in [-0.2, 0) is 38.7 Å². The lowest BCUT2D eigenvalue weighted by molar-refractivity contribution is -0.297. The van der Waals surface area contributed by atoms with E-state index in [-0.39, 0.29) is 19.4 Å². The lowest BCUT2D eigenvalue weighted by Crippen LogP contribution is -2.60. The minimum Gasteiger partial charge on any atom is -0.462 e. The summed E-state index contributed by atoms with van der Waals surface area (Å²) in [7, 11) is -4.59. The Morgan fingerprint density at radius 3 is 1.40 bits per heavy atom. The van der Waals surface area contributed by atoms with Gasteiger partial charge in [-0.15, -0.1) is 0 Å². The summed E-state index contributed by atoms with van der Waals surface area (Å²) in [6, 6.07) is 0. The smallest absolute Gasteiger partial charge is 0.306 e. The van der Waals surface area contributed by atoms with E-state index in [4.69, 9.17) is 18.9 Å². The van der Waals surface area contributed by atoms with Crippen LogP contribution in [-0.4, -0.2) is 96.0 Å². The van der Waals surface area contributed by atoms with Crippen LogP contribution in [0.25, 0.3) is 0 Å². The predicted molar refractivity (Wildman–Crippen MR) is 201 cm³/mol. The zero-order valence-corrected chi connectivity index (χ0v) is 33.2. The zero-order valence-electron chi connectivity index (χ0n) is 32.4. The Kier molecular flexibility index (Phi) is 28.9. The molecule has 6 unspecified atom stereocenters. The number of unbranched alkanes of at least 4 members (excludes halogenated alkanes) is 22. The first-order chi connectivity index (χ1) is 25.0. The number of aliphatic hydroxyl groups is 3. The SMILES string of the molecule is CCCCCCCCCCCCCCC(=O)OCC(COC1OC(CS(=O)(=O)O)C(O)C(O)C1O)OC(=O)CCCCCCCCCCCCCC. The molecule has 52 heavy (non-hydrogen) atoms. The van der Waals surface area contributed by atoms with Crippen molar-refractivity contribution < 1.29 is 56.8 Å². The van der Waals surface area contributed by atoms with Crippen molar-refractivity contribution in [2.45, 2.75) is 218 Å². The molecule has 0 spiro atoms. The van der Waals surface area contributed by atoms with Gasteiger partial charge in [0.05, 0.1) is 6.61 Å². The molecule has 0 radical (unpaired) electrons. The van der Waals surface area contributed by atoms with Crippen molar-refractivity contribution in [3.05, 3.63) is 0 Å². The number of ether oxygens (including phenoxy) is 4. The maximum absolute atomic E-state index is 12.7. The molecule has 13 heteroatoms. The topological polar surface area (TPSA) is 186 Å². The van der Waals surface area contributed by atoms with Crippen LogP contribution < -0.4 is 0 Å². The lowest BCUT2D eigenvalue weighted by atomic mass is 10.00. The van der Waals surface area contributed by atoms with Crippen molar-refractivity contribution in [1.29, 1.82) is 0 Å². The van der Waals surface area contributed by atoms with Gasteiger partial charge in [-0.3, -0.25) is 14.1 Å². The van der Waals surface area contributed by atoms with E-state index in [1.54, 1.807) is 0 Å². The molecule has 1 saturated heterocycles. The minimum absolute atomic E-state index is 0.171. The van der Waals surface area contributed by atoms with Crippen LogP contribution in [0.15, 0.2) is 0 Å². The van der Waals surface area contributed by atoms with Crippen molar-refractivity contribution in [1.82, 2.24) is 0 Å². The molecule has 1 aliphatic rings. The molecule has 1 rings (SSSR count). The Balaban J connectivity index is 2.49. The highest BCUT2D eigenvalue weighted by Gasteiger charge is 2.46. The van der Waals surface area contributed by atoms with E-state index in [1.165, 1.54) is 103 Å². The van der Waals surface area contributed by atoms with Crippen LogP contribution in [0, 0.1) is 0 Å². The molecule has 12 nitrogen and oxygen atoms in total. The van der Waals surface area contributed by atoms with Gasteiger partial charge in [-0.1, -0.05) is 155 Å². The van der Waals surface area contributed by atoms with E-state index in [0.29, 0.717) is 12.8 Å². The summed E-state index contributed by atoms with van der Waals surface area (Å²) >= 11 is 0. The van der Waals surface area contributed by atoms with Gasteiger partial charge in [0.2, 0.25) is 0 Å². The molecular formula is C39H74O12S. The lowest BCUT2D eigenvalue weighted by Gasteiger charge is -2.40. The molecular weight excluding hydrogens is 692 g/mol. The molecule has 6 atom stereocenters. The fraction of sp³-hybridized carbons (Fsp3) is 0.949. The maximum atomic E-state index is 12.7. The van der Waals surface area contributed by atoms with E-state index in [2.05, 4.69) is 13.8 Å². The summed E-state index contributed by atoms with van der Waals surface area (Å²) in [5, 5.41) is 30.8. The van der Waals surface area contributed by atoms with Crippen LogP contribution in [0.2, 0.25) is 0 Å². The third kappa shape index (κ3) is 25.6. The summed E-state index contributed by atoms with van der Waals surface area (Å²) in [6.45, 7) is 3.74. The van der Waals surface area contributed by atoms with Crippen molar-refractivity contribution in [2.75, 3.05) is 19.0 Å². The Labute approximate surface area is 314 Å². The molecule has 1 heterocycles. The maximum Gasteiger partial charge on any atom is 0.306 e. The van der Waals surface area contributed by atoms with Crippen LogP contribution in [0.5, 0.6) is 0 Å². The molecule has 1 fully saturated rings. The van der Waals surface area contributed by atoms with Crippen molar-refractivity contribution in [3.8, 4) is 0 Å². The summed E-state index contributed by atoms with van der Waals surface area (Å²) in [4.78, 5) is 25.2. The zero-order chi connectivity index (χ0) is 38.5. The van der Waals surface area contributed by atoms with Gasteiger partial charge in [0.1, 0.15) is 36.8 Å². The third-order valence-electron chi connectivity index (χ3n) is 9.69. The second-order valence-electron chi connectivity index (χ2n) is 14.7. The van der Waals surface area contributed by atoms with Gasteiger partial charge in [-0.25, -0.2) is 0 Å². The number of aliphatic hydroxyl groups excluding tert-OH is 3. The normalized spacial score (nSPS) is 21.2. The van der Waals surface area contributed by atoms with Gasteiger partial charge in [-0.2, -0.15) is 8.42 Å². The molecule has 4 N–H and O–H groups in total. The van der Waals surface area contributed by atoms with Crippen molar-refractivity contribution in [3.63, 3.8) is 0 Å².